The number of piperazine rings is 1. The fraction of sp³-hybridized carbons (Fsp3) is 0.600. The molecule has 2 rings (SSSR count). The average Bonchev–Trinajstić information content (AvgIpc) is 2.39. The second kappa shape index (κ2) is 5.74. The van der Waals surface area contributed by atoms with Crippen LogP contribution in [0.3, 0.4) is 0 Å². The summed E-state index contributed by atoms with van der Waals surface area (Å²) in [6, 6.07) is 8.61. The Hall–Kier alpha value is -1.07. The molecule has 0 N–H and O–H groups in total. The summed E-state index contributed by atoms with van der Waals surface area (Å²) in [7, 11) is -3.14. The van der Waals surface area contributed by atoms with E-state index in [4.69, 9.17) is 0 Å². The molecule has 5 heteroatoms. The minimum atomic E-state index is -3.14. The first-order valence-corrected chi connectivity index (χ1v) is 8.65. The van der Waals surface area contributed by atoms with Crippen molar-refractivity contribution < 1.29 is 8.42 Å². The lowest BCUT2D eigenvalue weighted by Crippen LogP contribution is -2.54. The molecular formula is C15H24N2O2S. The molecule has 1 fully saturated rings. The molecule has 0 aliphatic carbocycles. The molecule has 0 spiro atoms. The average molecular weight is 296 g/mol. The van der Waals surface area contributed by atoms with Gasteiger partial charge in [0, 0.05) is 31.4 Å². The lowest BCUT2D eigenvalue weighted by Gasteiger charge is -2.41. The molecule has 1 aromatic carbocycles. The lowest BCUT2D eigenvalue weighted by atomic mass is 10.1. The summed E-state index contributed by atoms with van der Waals surface area (Å²) < 4.78 is 26.1. The van der Waals surface area contributed by atoms with E-state index in [2.05, 4.69) is 43.0 Å². The van der Waals surface area contributed by atoms with Crippen LogP contribution in [0.1, 0.15) is 26.3 Å². The van der Waals surface area contributed by atoms with Gasteiger partial charge in [-0.3, -0.25) is 0 Å². The Labute approximate surface area is 122 Å². The van der Waals surface area contributed by atoms with Crippen molar-refractivity contribution in [2.75, 3.05) is 24.5 Å². The van der Waals surface area contributed by atoms with Crippen LogP contribution in [0.5, 0.6) is 0 Å². The van der Waals surface area contributed by atoms with Gasteiger partial charge in [-0.2, -0.15) is 4.31 Å². The first kappa shape index (κ1) is 15.3. The first-order chi connectivity index (χ1) is 9.32. The highest BCUT2D eigenvalue weighted by Gasteiger charge is 2.32. The minimum Gasteiger partial charge on any atom is -0.366 e. The zero-order chi connectivity index (χ0) is 14.9. The number of rotatable bonds is 3. The number of aryl methyl sites for hydroxylation is 1. The Bertz CT molecular complexity index is 552. The largest absolute Gasteiger partial charge is 0.366 e. The summed E-state index contributed by atoms with van der Waals surface area (Å²) in [5.41, 5.74) is 2.41. The van der Waals surface area contributed by atoms with E-state index in [0.717, 1.165) is 6.54 Å². The third-order valence-electron chi connectivity index (χ3n) is 3.91. The van der Waals surface area contributed by atoms with Crippen LogP contribution in [0, 0.1) is 6.92 Å². The Kier molecular flexibility index (Phi) is 4.39. The highest BCUT2D eigenvalue weighted by atomic mass is 32.2. The van der Waals surface area contributed by atoms with Crippen LogP contribution in [0.4, 0.5) is 5.69 Å². The van der Waals surface area contributed by atoms with Crippen molar-refractivity contribution in [3.05, 3.63) is 29.8 Å². The molecule has 20 heavy (non-hydrogen) atoms. The van der Waals surface area contributed by atoms with Crippen molar-refractivity contribution in [3.8, 4) is 0 Å². The zero-order valence-electron chi connectivity index (χ0n) is 12.7. The minimum absolute atomic E-state index is 0.194. The zero-order valence-corrected chi connectivity index (χ0v) is 13.5. The van der Waals surface area contributed by atoms with Gasteiger partial charge in [-0.25, -0.2) is 8.42 Å². The van der Waals surface area contributed by atoms with E-state index >= 15 is 0 Å². The smallest absolute Gasteiger partial charge is 0.216 e. The fourth-order valence-electron chi connectivity index (χ4n) is 2.57. The number of hydrogen-bond acceptors (Lipinski definition) is 3. The quantitative estimate of drug-likeness (QED) is 0.859. The maximum Gasteiger partial charge on any atom is 0.216 e. The Morgan fingerprint density at radius 2 is 1.75 bits per heavy atom. The van der Waals surface area contributed by atoms with Crippen molar-refractivity contribution in [2.45, 2.75) is 39.0 Å². The Balaban J connectivity index is 2.12. The van der Waals surface area contributed by atoms with Crippen molar-refractivity contribution >= 4 is 15.7 Å². The molecule has 0 aromatic heterocycles. The van der Waals surface area contributed by atoms with Gasteiger partial charge in [0.2, 0.25) is 10.0 Å². The van der Waals surface area contributed by atoms with Gasteiger partial charge in [0.05, 0.1) is 5.25 Å². The number of hydrogen-bond donors (Lipinski definition) is 0. The molecule has 1 aliphatic heterocycles. The lowest BCUT2D eigenvalue weighted by molar-refractivity contribution is 0.340. The molecule has 0 radical (unpaired) electrons. The van der Waals surface area contributed by atoms with Gasteiger partial charge < -0.3 is 4.90 Å². The second-order valence-corrected chi connectivity index (χ2v) is 8.32. The summed E-state index contributed by atoms with van der Waals surface area (Å²) in [6.07, 6.45) is 0. The van der Waals surface area contributed by atoms with E-state index in [0.29, 0.717) is 13.1 Å². The van der Waals surface area contributed by atoms with Crippen molar-refractivity contribution in [2.24, 2.45) is 0 Å². The summed E-state index contributed by atoms with van der Waals surface area (Å²) in [5.74, 6) is 0. The molecule has 1 aromatic rings. The molecular weight excluding hydrogens is 272 g/mol. The number of benzene rings is 1. The molecule has 1 saturated heterocycles. The number of sulfonamides is 1. The highest BCUT2D eigenvalue weighted by Crippen LogP contribution is 2.23. The monoisotopic (exact) mass is 296 g/mol. The Morgan fingerprint density at radius 1 is 1.15 bits per heavy atom. The summed E-state index contributed by atoms with van der Waals surface area (Å²) >= 11 is 0. The van der Waals surface area contributed by atoms with Gasteiger partial charge >= 0.3 is 0 Å². The van der Waals surface area contributed by atoms with Crippen LogP contribution < -0.4 is 4.90 Å². The maximum absolute atomic E-state index is 12.2. The molecule has 4 nitrogen and oxygen atoms in total. The molecule has 1 aliphatic rings. The summed E-state index contributed by atoms with van der Waals surface area (Å²) in [5, 5.41) is -0.347. The van der Waals surface area contributed by atoms with Gasteiger partial charge in [-0.15, -0.1) is 0 Å². The normalized spacial score (nSPS) is 21.4. The van der Waals surface area contributed by atoms with Gasteiger partial charge in [0.1, 0.15) is 0 Å². The number of anilines is 1. The van der Waals surface area contributed by atoms with Crippen molar-refractivity contribution in [1.82, 2.24) is 4.31 Å². The van der Waals surface area contributed by atoms with Gasteiger partial charge in [0.15, 0.2) is 0 Å². The van der Waals surface area contributed by atoms with Crippen LogP contribution in [-0.2, 0) is 10.0 Å². The van der Waals surface area contributed by atoms with Gasteiger partial charge in [-0.1, -0.05) is 17.7 Å². The molecule has 0 bridgehead atoms. The van der Waals surface area contributed by atoms with Crippen LogP contribution >= 0.6 is 0 Å². The van der Waals surface area contributed by atoms with E-state index in [1.54, 1.807) is 18.2 Å². The predicted molar refractivity (Wildman–Crippen MR) is 83.6 cm³/mol. The second-order valence-electron chi connectivity index (χ2n) is 5.83. The maximum atomic E-state index is 12.2. The first-order valence-electron chi connectivity index (χ1n) is 7.14. The molecule has 112 valence electrons. The van der Waals surface area contributed by atoms with Crippen LogP contribution in [0.25, 0.3) is 0 Å². The van der Waals surface area contributed by atoms with E-state index in [9.17, 15) is 8.42 Å². The fourth-order valence-corrected chi connectivity index (χ4v) is 3.93. The van der Waals surface area contributed by atoms with E-state index in [1.165, 1.54) is 11.3 Å². The summed E-state index contributed by atoms with van der Waals surface area (Å²) in [4.78, 5) is 2.28. The molecule has 1 atom stereocenters. The standard InChI is InChI=1S/C15H24N2O2S/c1-12(2)20(18,19)16-9-10-17(14(4)11-16)15-7-5-13(3)6-8-15/h5-8,12,14H,9-11H2,1-4H3. The van der Waals surface area contributed by atoms with Crippen molar-refractivity contribution in [1.29, 1.82) is 0 Å². The topological polar surface area (TPSA) is 40.6 Å². The van der Waals surface area contributed by atoms with E-state index in [-0.39, 0.29) is 11.3 Å². The van der Waals surface area contributed by atoms with Crippen LogP contribution in [-0.4, -0.2) is 43.6 Å². The Morgan fingerprint density at radius 3 is 2.25 bits per heavy atom. The van der Waals surface area contributed by atoms with Crippen molar-refractivity contribution in [3.63, 3.8) is 0 Å². The molecule has 1 unspecified atom stereocenters. The predicted octanol–water partition coefficient (Wildman–Crippen LogP) is 2.24. The third-order valence-corrected chi connectivity index (χ3v) is 6.15. The van der Waals surface area contributed by atoms with E-state index < -0.39 is 10.0 Å². The van der Waals surface area contributed by atoms with Crippen LogP contribution in [0.2, 0.25) is 0 Å². The molecule has 1 heterocycles. The molecule has 0 saturated carbocycles. The van der Waals surface area contributed by atoms with E-state index in [1.807, 2.05) is 0 Å². The van der Waals surface area contributed by atoms with Gasteiger partial charge in [-0.05, 0) is 39.8 Å². The SMILES string of the molecule is Cc1ccc(N2CCN(S(=O)(=O)C(C)C)CC2C)cc1. The van der Waals surface area contributed by atoms with Crippen LogP contribution in [0.15, 0.2) is 24.3 Å². The third kappa shape index (κ3) is 2.99. The molecule has 0 amide bonds. The highest BCUT2D eigenvalue weighted by molar-refractivity contribution is 7.89. The number of nitrogens with zero attached hydrogens (tertiary/aromatic N) is 2. The summed E-state index contributed by atoms with van der Waals surface area (Å²) in [6.45, 7) is 9.52. The van der Waals surface area contributed by atoms with Gasteiger partial charge in [0.25, 0.3) is 0 Å².